The lowest BCUT2D eigenvalue weighted by molar-refractivity contribution is 0.1000. The second kappa shape index (κ2) is 4.48. The maximum atomic E-state index is 11.2. The molecule has 1 heterocycles. The van der Waals surface area contributed by atoms with Gasteiger partial charge in [0, 0.05) is 22.9 Å². The molecular formula is C14H11ClN2O2. The molecule has 0 saturated carbocycles. The Morgan fingerprint density at radius 1 is 1.21 bits per heavy atom. The first-order valence-electron chi connectivity index (χ1n) is 5.77. The summed E-state index contributed by atoms with van der Waals surface area (Å²) in [4.78, 5) is 11.2. The predicted molar refractivity (Wildman–Crippen MR) is 73.1 cm³/mol. The molecule has 2 aromatic rings. The monoisotopic (exact) mass is 274 g/mol. The molecular weight excluding hydrogens is 264 g/mol. The Hall–Kier alpha value is -2.20. The van der Waals surface area contributed by atoms with Crippen molar-refractivity contribution in [3.8, 4) is 5.75 Å². The largest absolute Gasteiger partial charge is 0.463 e. The molecule has 0 spiro atoms. The summed E-state index contributed by atoms with van der Waals surface area (Å²) in [7, 11) is 0. The van der Waals surface area contributed by atoms with Crippen molar-refractivity contribution in [1.82, 2.24) is 0 Å². The van der Waals surface area contributed by atoms with Crippen molar-refractivity contribution in [2.45, 2.75) is 6.23 Å². The van der Waals surface area contributed by atoms with E-state index in [2.05, 4.69) is 0 Å². The number of fused-ring (bicyclic) bond motifs is 1. The van der Waals surface area contributed by atoms with Crippen molar-refractivity contribution in [1.29, 1.82) is 0 Å². The first-order chi connectivity index (χ1) is 9.16. The van der Waals surface area contributed by atoms with E-state index >= 15 is 0 Å². The van der Waals surface area contributed by atoms with Crippen molar-refractivity contribution < 1.29 is 9.53 Å². The number of nitrogens with zero attached hydrogens (tertiary/aromatic N) is 1. The Labute approximate surface area is 115 Å². The van der Waals surface area contributed by atoms with Crippen LogP contribution in [0, 0.1) is 0 Å². The highest BCUT2D eigenvalue weighted by atomic mass is 35.5. The van der Waals surface area contributed by atoms with Crippen LogP contribution < -0.4 is 14.9 Å². The zero-order chi connectivity index (χ0) is 13.4. The van der Waals surface area contributed by atoms with E-state index in [1.807, 2.05) is 30.3 Å². The van der Waals surface area contributed by atoms with Crippen molar-refractivity contribution in [3.05, 3.63) is 59.7 Å². The molecule has 1 unspecified atom stereocenters. The Balaban J connectivity index is 1.97. The maximum absolute atomic E-state index is 11.2. The van der Waals surface area contributed by atoms with Crippen LogP contribution in [-0.2, 0) is 0 Å². The van der Waals surface area contributed by atoms with Gasteiger partial charge in [-0.3, -0.25) is 4.79 Å². The normalized spacial score (nSPS) is 16.9. The van der Waals surface area contributed by atoms with E-state index < -0.39 is 12.1 Å². The summed E-state index contributed by atoms with van der Waals surface area (Å²) in [5, 5.41) is 0. The molecule has 0 fully saturated rings. The number of amides is 1. The van der Waals surface area contributed by atoms with E-state index in [4.69, 9.17) is 22.2 Å². The molecule has 0 aliphatic carbocycles. The number of hydrogen-bond acceptors (Lipinski definition) is 3. The number of halogens is 1. The number of anilines is 1. The summed E-state index contributed by atoms with van der Waals surface area (Å²) >= 11 is 6.27. The summed E-state index contributed by atoms with van der Waals surface area (Å²) in [5.74, 6) is 0.241. The van der Waals surface area contributed by atoms with E-state index in [-0.39, 0.29) is 0 Å². The molecule has 1 aliphatic heterocycles. The third kappa shape index (κ3) is 2.00. The molecule has 3 rings (SSSR count). The summed E-state index contributed by atoms with van der Waals surface area (Å²) in [5.41, 5.74) is 7.29. The smallest absolute Gasteiger partial charge is 0.248 e. The molecule has 1 amide bonds. The second-order valence-corrected chi connectivity index (χ2v) is 4.60. The van der Waals surface area contributed by atoms with Gasteiger partial charge in [0.25, 0.3) is 0 Å². The quantitative estimate of drug-likeness (QED) is 0.857. The van der Waals surface area contributed by atoms with E-state index in [0.717, 1.165) is 11.3 Å². The van der Waals surface area contributed by atoms with Crippen LogP contribution in [0.5, 0.6) is 5.75 Å². The number of primary amides is 1. The lowest BCUT2D eigenvalue weighted by Gasteiger charge is -2.18. The molecule has 0 aromatic heterocycles. The first-order valence-corrected chi connectivity index (χ1v) is 6.11. The molecule has 1 atom stereocenters. The fraction of sp³-hybridized carbons (Fsp3) is 0.0714. The van der Waals surface area contributed by atoms with Crippen LogP contribution in [0.4, 0.5) is 5.69 Å². The van der Waals surface area contributed by atoms with Gasteiger partial charge in [0.1, 0.15) is 5.75 Å². The summed E-state index contributed by atoms with van der Waals surface area (Å²) < 4.78 is 7.29. The number of rotatable bonds is 2. The van der Waals surface area contributed by atoms with Gasteiger partial charge in [-0.1, -0.05) is 24.3 Å². The minimum Gasteiger partial charge on any atom is -0.463 e. The number of carbonyl (C=O) groups excluding carboxylic acids is 1. The fourth-order valence-corrected chi connectivity index (χ4v) is 2.36. The lowest BCUT2D eigenvalue weighted by Crippen LogP contribution is -2.18. The number of carbonyl (C=O) groups is 1. The van der Waals surface area contributed by atoms with Gasteiger partial charge in [-0.15, -0.1) is 0 Å². The Kier molecular flexibility index (Phi) is 2.80. The van der Waals surface area contributed by atoms with Crippen LogP contribution in [0.3, 0.4) is 0 Å². The zero-order valence-corrected chi connectivity index (χ0v) is 10.7. The van der Waals surface area contributed by atoms with Gasteiger partial charge in [0.2, 0.25) is 12.1 Å². The van der Waals surface area contributed by atoms with Crippen molar-refractivity contribution in [2.24, 2.45) is 5.73 Å². The number of para-hydroxylation sites is 2. The number of nitrogens with two attached hydrogens (primary N) is 1. The molecule has 2 N–H and O–H groups in total. The molecule has 0 bridgehead atoms. The van der Waals surface area contributed by atoms with Crippen LogP contribution in [0.15, 0.2) is 48.5 Å². The average Bonchev–Trinajstić information content (AvgIpc) is 2.77. The lowest BCUT2D eigenvalue weighted by atomic mass is 10.1. The van der Waals surface area contributed by atoms with E-state index in [9.17, 15) is 4.79 Å². The number of benzene rings is 2. The van der Waals surface area contributed by atoms with Crippen molar-refractivity contribution in [2.75, 3.05) is 4.42 Å². The van der Waals surface area contributed by atoms with Gasteiger partial charge in [-0.2, -0.15) is 0 Å². The highest BCUT2D eigenvalue weighted by molar-refractivity contribution is 6.26. The Morgan fingerprint density at radius 3 is 2.74 bits per heavy atom. The Bertz CT molecular complexity index is 645. The second-order valence-electron chi connectivity index (χ2n) is 4.24. The third-order valence-corrected chi connectivity index (χ3v) is 3.36. The molecule has 0 radical (unpaired) electrons. The standard InChI is InChI=1S/C14H11ClN2O2/c15-17-11-6-1-2-7-12(11)19-14(17)10-5-3-4-9(8-10)13(16)18/h1-8,14H,(H2,16,18). The SMILES string of the molecule is NC(=O)c1cccc(C2Oc3ccccc3N2Cl)c1. The molecule has 96 valence electrons. The van der Waals surface area contributed by atoms with Gasteiger partial charge >= 0.3 is 0 Å². The van der Waals surface area contributed by atoms with Crippen LogP contribution in [0.25, 0.3) is 0 Å². The molecule has 5 heteroatoms. The first kappa shape index (κ1) is 11.9. The van der Waals surface area contributed by atoms with Crippen LogP contribution in [-0.4, -0.2) is 5.91 Å². The molecule has 1 aliphatic rings. The minimum absolute atomic E-state index is 0.433. The minimum atomic E-state index is -0.474. The highest BCUT2D eigenvalue weighted by Crippen LogP contribution is 2.44. The number of ether oxygens (including phenoxy) is 1. The fourth-order valence-electron chi connectivity index (χ4n) is 2.07. The van der Waals surface area contributed by atoms with Gasteiger partial charge in [0.05, 0.1) is 5.69 Å². The van der Waals surface area contributed by atoms with Gasteiger partial charge in [0.15, 0.2) is 0 Å². The Morgan fingerprint density at radius 2 is 2.00 bits per heavy atom. The van der Waals surface area contributed by atoms with Crippen molar-refractivity contribution >= 4 is 23.4 Å². The van der Waals surface area contributed by atoms with E-state index in [0.29, 0.717) is 11.3 Å². The molecule has 4 nitrogen and oxygen atoms in total. The molecule has 2 aromatic carbocycles. The zero-order valence-electron chi connectivity index (χ0n) is 9.92. The topological polar surface area (TPSA) is 55.6 Å². The maximum Gasteiger partial charge on any atom is 0.248 e. The summed E-state index contributed by atoms with van der Waals surface area (Å²) in [6, 6.07) is 14.4. The highest BCUT2D eigenvalue weighted by Gasteiger charge is 2.31. The average molecular weight is 275 g/mol. The van der Waals surface area contributed by atoms with Gasteiger partial charge in [-0.05, 0) is 24.3 Å². The van der Waals surface area contributed by atoms with E-state index in [1.165, 1.54) is 4.42 Å². The number of hydrogen-bond donors (Lipinski definition) is 1. The van der Waals surface area contributed by atoms with E-state index in [1.54, 1.807) is 18.2 Å². The van der Waals surface area contributed by atoms with Crippen molar-refractivity contribution in [3.63, 3.8) is 0 Å². The van der Waals surface area contributed by atoms with Crippen LogP contribution in [0.2, 0.25) is 0 Å². The van der Waals surface area contributed by atoms with Crippen LogP contribution in [0.1, 0.15) is 22.1 Å². The summed E-state index contributed by atoms with van der Waals surface area (Å²) in [6.45, 7) is 0. The predicted octanol–water partition coefficient (Wildman–Crippen LogP) is 2.84. The third-order valence-electron chi connectivity index (χ3n) is 3.00. The molecule has 0 saturated heterocycles. The molecule has 19 heavy (non-hydrogen) atoms. The van der Waals surface area contributed by atoms with Crippen LogP contribution >= 0.6 is 11.8 Å². The van der Waals surface area contributed by atoms with Gasteiger partial charge in [-0.25, -0.2) is 4.42 Å². The summed E-state index contributed by atoms with van der Waals surface area (Å²) in [6.07, 6.45) is -0.460. The van der Waals surface area contributed by atoms with Gasteiger partial charge < -0.3 is 10.5 Å².